The van der Waals surface area contributed by atoms with Crippen molar-refractivity contribution in [3.05, 3.63) is 0 Å². The fraction of sp³-hybridized carbons (Fsp3) is 0.900. The number of carbonyl (C=O) groups is 1. The number of carbonyl (C=O) groups excluding carboxylic acids is 1. The Labute approximate surface area is 86.6 Å². The molecule has 1 unspecified atom stereocenters. The number of rotatable bonds is 7. The van der Waals surface area contributed by atoms with Gasteiger partial charge >= 0.3 is 0 Å². The molecular formula is C10H23N3O. The summed E-state index contributed by atoms with van der Waals surface area (Å²) in [6.45, 7) is 5.16. The molecule has 0 spiro atoms. The van der Waals surface area contributed by atoms with E-state index in [9.17, 15) is 4.79 Å². The van der Waals surface area contributed by atoms with Crippen molar-refractivity contribution >= 4 is 5.91 Å². The maximum Gasteiger partial charge on any atom is 0.234 e. The van der Waals surface area contributed by atoms with Crippen LogP contribution < -0.4 is 11.5 Å². The Bertz CT molecular complexity index is 169. The van der Waals surface area contributed by atoms with E-state index in [2.05, 4.69) is 25.8 Å². The molecule has 0 heterocycles. The van der Waals surface area contributed by atoms with Crippen LogP contribution in [0.15, 0.2) is 0 Å². The van der Waals surface area contributed by atoms with Gasteiger partial charge in [-0.1, -0.05) is 13.8 Å². The fourth-order valence-electron chi connectivity index (χ4n) is 1.58. The third-order valence-electron chi connectivity index (χ3n) is 2.72. The Balaban J connectivity index is 3.82. The first-order chi connectivity index (χ1) is 6.52. The average molecular weight is 201 g/mol. The second-order valence-corrected chi connectivity index (χ2v) is 3.75. The van der Waals surface area contributed by atoms with Crippen molar-refractivity contribution in [2.75, 3.05) is 13.6 Å². The first-order valence-corrected chi connectivity index (χ1v) is 5.28. The van der Waals surface area contributed by atoms with E-state index in [1.807, 2.05) is 0 Å². The molecule has 0 radical (unpaired) electrons. The maximum atomic E-state index is 10.7. The van der Waals surface area contributed by atoms with Gasteiger partial charge in [0.2, 0.25) is 5.91 Å². The fourth-order valence-corrected chi connectivity index (χ4v) is 1.58. The van der Waals surface area contributed by atoms with E-state index in [1.165, 1.54) is 0 Å². The van der Waals surface area contributed by atoms with Crippen LogP contribution in [0.5, 0.6) is 0 Å². The second-order valence-electron chi connectivity index (χ2n) is 3.75. The second kappa shape index (κ2) is 6.79. The molecule has 0 saturated heterocycles. The summed E-state index contributed by atoms with van der Waals surface area (Å²) in [5.74, 6) is -0.414. The van der Waals surface area contributed by atoms with Crippen molar-refractivity contribution < 1.29 is 4.79 Å². The van der Waals surface area contributed by atoms with Crippen molar-refractivity contribution in [3.8, 4) is 0 Å². The lowest BCUT2D eigenvalue weighted by Crippen LogP contribution is -2.40. The highest BCUT2D eigenvalue weighted by atomic mass is 16.1. The van der Waals surface area contributed by atoms with Crippen molar-refractivity contribution in [1.82, 2.24) is 4.90 Å². The van der Waals surface area contributed by atoms with Crippen molar-refractivity contribution in [2.24, 2.45) is 11.5 Å². The summed E-state index contributed by atoms with van der Waals surface area (Å²) in [5.41, 5.74) is 10.6. The van der Waals surface area contributed by atoms with Crippen LogP contribution in [0.4, 0.5) is 0 Å². The van der Waals surface area contributed by atoms with E-state index in [0.29, 0.717) is 12.5 Å². The number of hydrogen-bond acceptors (Lipinski definition) is 3. The molecule has 1 atom stereocenters. The van der Waals surface area contributed by atoms with E-state index in [4.69, 9.17) is 11.5 Å². The minimum atomic E-state index is -0.508. The molecule has 4 heteroatoms. The molecule has 0 saturated carbocycles. The summed E-state index contributed by atoms with van der Waals surface area (Å²) in [6, 6.07) is 0.0712. The van der Waals surface area contributed by atoms with Gasteiger partial charge in [0, 0.05) is 12.6 Å². The molecule has 4 nitrogen and oxygen atoms in total. The Kier molecular flexibility index (Phi) is 6.49. The third kappa shape index (κ3) is 4.58. The molecule has 0 aromatic rings. The van der Waals surface area contributed by atoms with Crippen molar-refractivity contribution in [1.29, 1.82) is 0 Å². The minimum absolute atomic E-state index is 0.414. The molecule has 0 rings (SSSR count). The predicted octanol–water partition coefficient (Wildman–Crippen LogP) is 0.310. The molecule has 0 bridgehead atoms. The molecule has 84 valence electrons. The quantitative estimate of drug-likeness (QED) is 0.622. The third-order valence-corrected chi connectivity index (χ3v) is 2.72. The van der Waals surface area contributed by atoms with Crippen LogP contribution in [-0.4, -0.2) is 36.5 Å². The van der Waals surface area contributed by atoms with Crippen LogP contribution in [0.2, 0.25) is 0 Å². The summed E-state index contributed by atoms with van der Waals surface area (Å²) in [5, 5.41) is 0. The van der Waals surface area contributed by atoms with Gasteiger partial charge in [0.1, 0.15) is 0 Å². The molecule has 0 aliphatic carbocycles. The van der Waals surface area contributed by atoms with E-state index in [0.717, 1.165) is 19.4 Å². The zero-order valence-corrected chi connectivity index (χ0v) is 9.49. The normalized spacial score (nSPS) is 13.6. The predicted molar refractivity (Wildman–Crippen MR) is 58.8 cm³/mol. The van der Waals surface area contributed by atoms with Crippen LogP contribution in [0.1, 0.15) is 33.1 Å². The lowest BCUT2D eigenvalue weighted by molar-refractivity contribution is -0.119. The molecular weight excluding hydrogens is 178 g/mol. The first kappa shape index (κ1) is 13.4. The molecule has 14 heavy (non-hydrogen) atoms. The van der Waals surface area contributed by atoms with Gasteiger partial charge in [0.15, 0.2) is 0 Å². The summed E-state index contributed by atoms with van der Waals surface area (Å²) < 4.78 is 0. The minimum Gasteiger partial charge on any atom is -0.368 e. The maximum absolute atomic E-state index is 10.7. The van der Waals surface area contributed by atoms with Gasteiger partial charge < -0.3 is 16.4 Å². The first-order valence-electron chi connectivity index (χ1n) is 5.28. The Morgan fingerprint density at radius 2 is 1.86 bits per heavy atom. The highest BCUT2D eigenvalue weighted by Gasteiger charge is 2.14. The van der Waals surface area contributed by atoms with E-state index < -0.39 is 11.9 Å². The molecule has 0 aromatic heterocycles. The summed E-state index contributed by atoms with van der Waals surface area (Å²) in [4.78, 5) is 12.9. The number of hydrogen-bond donors (Lipinski definition) is 2. The molecule has 0 aromatic carbocycles. The van der Waals surface area contributed by atoms with Gasteiger partial charge in [-0.25, -0.2) is 0 Å². The molecule has 4 N–H and O–H groups in total. The van der Waals surface area contributed by atoms with Crippen LogP contribution in [0, 0.1) is 0 Å². The van der Waals surface area contributed by atoms with Crippen LogP contribution in [-0.2, 0) is 4.79 Å². The van der Waals surface area contributed by atoms with Crippen LogP contribution >= 0.6 is 0 Å². The topological polar surface area (TPSA) is 72.3 Å². The SMILES string of the molecule is CCC(CC)N(C)CCC(N)C(N)=O. The zero-order chi connectivity index (χ0) is 11.1. The number of nitrogens with zero attached hydrogens (tertiary/aromatic N) is 1. The Morgan fingerprint density at radius 3 is 2.21 bits per heavy atom. The summed E-state index contributed by atoms with van der Waals surface area (Å²) in [7, 11) is 2.06. The summed E-state index contributed by atoms with van der Waals surface area (Å²) >= 11 is 0. The molecule has 0 aliphatic rings. The standard InChI is InChI=1S/C10H23N3O/c1-4-8(5-2)13(3)7-6-9(11)10(12)14/h8-9H,4-7,11H2,1-3H3,(H2,12,14). The Morgan fingerprint density at radius 1 is 1.36 bits per heavy atom. The Hall–Kier alpha value is -0.610. The number of amides is 1. The van der Waals surface area contributed by atoms with Gasteiger partial charge in [-0.2, -0.15) is 0 Å². The van der Waals surface area contributed by atoms with E-state index in [1.54, 1.807) is 0 Å². The largest absolute Gasteiger partial charge is 0.368 e. The van der Waals surface area contributed by atoms with E-state index >= 15 is 0 Å². The van der Waals surface area contributed by atoms with Gasteiger partial charge in [0.05, 0.1) is 6.04 Å². The van der Waals surface area contributed by atoms with E-state index in [-0.39, 0.29) is 0 Å². The van der Waals surface area contributed by atoms with Crippen molar-refractivity contribution in [3.63, 3.8) is 0 Å². The molecule has 0 aliphatic heterocycles. The number of primary amides is 1. The zero-order valence-electron chi connectivity index (χ0n) is 9.49. The molecule has 1 amide bonds. The van der Waals surface area contributed by atoms with Crippen LogP contribution in [0.3, 0.4) is 0 Å². The smallest absolute Gasteiger partial charge is 0.234 e. The van der Waals surface area contributed by atoms with Gasteiger partial charge in [-0.3, -0.25) is 4.79 Å². The highest BCUT2D eigenvalue weighted by molar-refractivity contribution is 5.79. The lowest BCUT2D eigenvalue weighted by Gasteiger charge is -2.26. The lowest BCUT2D eigenvalue weighted by atomic mass is 10.1. The monoisotopic (exact) mass is 201 g/mol. The van der Waals surface area contributed by atoms with Crippen LogP contribution in [0.25, 0.3) is 0 Å². The van der Waals surface area contributed by atoms with Crippen molar-refractivity contribution in [2.45, 2.75) is 45.2 Å². The van der Waals surface area contributed by atoms with Gasteiger partial charge in [-0.15, -0.1) is 0 Å². The highest BCUT2D eigenvalue weighted by Crippen LogP contribution is 2.06. The average Bonchev–Trinajstić information content (AvgIpc) is 2.15. The summed E-state index contributed by atoms with van der Waals surface area (Å²) in [6.07, 6.45) is 2.89. The van der Waals surface area contributed by atoms with Gasteiger partial charge in [0.25, 0.3) is 0 Å². The van der Waals surface area contributed by atoms with Gasteiger partial charge in [-0.05, 0) is 26.3 Å². The number of nitrogens with two attached hydrogens (primary N) is 2. The molecule has 0 fully saturated rings.